The number of nitrogens with one attached hydrogen (secondary N) is 1. The van der Waals surface area contributed by atoms with Crippen LogP contribution in [0.5, 0.6) is 0 Å². The van der Waals surface area contributed by atoms with Gasteiger partial charge in [-0.05, 0) is 49.5 Å². The molecule has 2 aromatic rings. The zero-order valence-corrected chi connectivity index (χ0v) is 17.9. The minimum Gasteiger partial charge on any atom is -1.00 e. The van der Waals surface area contributed by atoms with Crippen LogP contribution in [0, 0.1) is 0 Å². The van der Waals surface area contributed by atoms with E-state index in [0.29, 0.717) is 24.3 Å². The maximum Gasteiger partial charge on any atom is 0.261 e. The highest BCUT2D eigenvalue weighted by molar-refractivity contribution is 9.10. The molecule has 1 aliphatic rings. The summed E-state index contributed by atoms with van der Waals surface area (Å²) < 4.78 is 28.3. The Labute approximate surface area is 174 Å². The topological polar surface area (TPSA) is 69.7 Å². The van der Waals surface area contributed by atoms with Crippen molar-refractivity contribution in [2.24, 2.45) is 0 Å². The van der Waals surface area contributed by atoms with Crippen molar-refractivity contribution in [3.05, 3.63) is 58.6 Å². The van der Waals surface area contributed by atoms with Crippen LogP contribution in [-0.4, -0.2) is 57.4 Å². The number of carbonyl (C=O) groups excluding carboxylic acids is 1. The van der Waals surface area contributed by atoms with Gasteiger partial charge in [0, 0.05) is 41.9 Å². The van der Waals surface area contributed by atoms with Gasteiger partial charge in [0.15, 0.2) is 0 Å². The number of hydrogen-bond donors (Lipinski definition) is 1. The second-order valence-electron chi connectivity index (χ2n) is 6.24. The van der Waals surface area contributed by atoms with E-state index in [-0.39, 0.29) is 23.2 Å². The lowest BCUT2D eigenvalue weighted by Crippen LogP contribution is -3.00. The summed E-state index contributed by atoms with van der Waals surface area (Å²) in [5.41, 5.74) is 0.846. The van der Waals surface area contributed by atoms with E-state index in [1.807, 2.05) is 7.05 Å². The molecule has 1 N–H and O–H groups in total. The van der Waals surface area contributed by atoms with E-state index in [1.54, 1.807) is 41.3 Å². The molecule has 1 amide bonds. The molecule has 0 aromatic heterocycles. The molecule has 0 atom stereocenters. The Bertz CT molecular complexity index is 898. The third kappa shape index (κ3) is 5.44. The van der Waals surface area contributed by atoms with Crippen LogP contribution < -0.4 is 17.1 Å². The summed E-state index contributed by atoms with van der Waals surface area (Å²) in [6, 6.07) is 13.0. The molecule has 6 nitrogen and oxygen atoms in total. The smallest absolute Gasteiger partial charge is 0.261 e. The first kappa shape index (κ1) is 21.7. The van der Waals surface area contributed by atoms with Crippen LogP contribution in [0.1, 0.15) is 10.4 Å². The van der Waals surface area contributed by atoms with Crippen molar-refractivity contribution in [3.8, 4) is 0 Å². The fraction of sp³-hybridized carbons (Fsp3) is 0.278. The highest BCUT2D eigenvalue weighted by Crippen LogP contribution is 2.20. The number of amides is 1. The van der Waals surface area contributed by atoms with Crippen molar-refractivity contribution in [2.75, 3.05) is 37.9 Å². The Balaban J connectivity index is 0.00000261. The van der Waals surface area contributed by atoms with Crippen molar-refractivity contribution in [3.63, 3.8) is 0 Å². The molecule has 2 aromatic carbocycles. The molecule has 0 unspecified atom stereocenters. The number of nitrogens with zero attached hydrogens (tertiary/aromatic N) is 2. The van der Waals surface area contributed by atoms with Gasteiger partial charge in [0.05, 0.1) is 4.90 Å². The van der Waals surface area contributed by atoms with Gasteiger partial charge in [-0.1, -0.05) is 22.0 Å². The molecule has 0 spiro atoms. The van der Waals surface area contributed by atoms with Crippen molar-refractivity contribution in [2.45, 2.75) is 4.90 Å². The molecule has 27 heavy (non-hydrogen) atoms. The van der Waals surface area contributed by atoms with Gasteiger partial charge in [0.1, 0.15) is 0 Å². The predicted octanol–water partition coefficient (Wildman–Crippen LogP) is -0.358. The number of carbonyl (C=O) groups is 1. The molecular weight excluding hydrogens is 454 g/mol. The predicted molar refractivity (Wildman–Crippen MR) is 105 cm³/mol. The maximum atomic E-state index is 12.7. The number of sulfonamides is 1. The first-order valence-corrected chi connectivity index (χ1v) is 10.5. The lowest BCUT2D eigenvalue weighted by molar-refractivity contribution is -0.0000181. The van der Waals surface area contributed by atoms with Gasteiger partial charge in [0.25, 0.3) is 15.9 Å². The van der Waals surface area contributed by atoms with E-state index >= 15 is 0 Å². The van der Waals surface area contributed by atoms with Crippen molar-refractivity contribution in [1.82, 2.24) is 9.80 Å². The highest BCUT2D eigenvalue weighted by atomic mass is 79.9. The summed E-state index contributed by atoms with van der Waals surface area (Å²) in [4.78, 5) is 16.8. The molecule has 1 heterocycles. The lowest BCUT2D eigenvalue weighted by atomic mass is 10.1. The van der Waals surface area contributed by atoms with Gasteiger partial charge in [0.2, 0.25) is 0 Å². The number of piperazine rings is 1. The molecule has 1 saturated heterocycles. The Morgan fingerprint density at radius 1 is 1.04 bits per heavy atom. The third-order valence-corrected chi connectivity index (χ3v) is 6.20. The number of rotatable bonds is 4. The van der Waals surface area contributed by atoms with Crippen molar-refractivity contribution >= 4 is 37.5 Å². The second kappa shape index (κ2) is 9.05. The van der Waals surface area contributed by atoms with Crippen LogP contribution in [0.2, 0.25) is 0 Å². The number of halogens is 2. The Hall–Kier alpha value is -1.61. The summed E-state index contributed by atoms with van der Waals surface area (Å²) in [6.07, 6.45) is 0. The zero-order valence-electron chi connectivity index (χ0n) is 14.7. The summed E-state index contributed by atoms with van der Waals surface area (Å²) in [7, 11) is -1.68. The van der Waals surface area contributed by atoms with E-state index in [9.17, 15) is 13.2 Å². The van der Waals surface area contributed by atoms with Crippen LogP contribution in [-0.2, 0) is 10.0 Å². The maximum absolute atomic E-state index is 12.7. The summed E-state index contributed by atoms with van der Waals surface area (Å²) >= 11 is 3.29. The minimum atomic E-state index is -3.71. The molecule has 0 aliphatic carbocycles. The molecule has 1 fully saturated rings. The summed E-state index contributed by atoms with van der Waals surface area (Å²) in [6.45, 7) is 3.01. The van der Waals surface area contributed by atoms with Gasteiger partial charge in [-0.2, -0.15) is 0 Å². The number of likely N-dealkylation sites (N-methyl/N-ethyl adjacent to an activating group) is 1. The molecule has 0 radical (unpaired) electrons. The van der Waals surface area contributed by atoms with Crippen molar-refractivity contribution < 1.29 is 25.6 Å². The van der Waals surface area contributed by atoms with E-state index in [4.69, 9.17) is 0 Å². The molecule has 146 valence electrons. The first-order chi connectivity index (χ1) is 12.3. The first-order valence-electron chi connectivity index (χ1n) is 8.21. The van der Waals surface area contributed by atoms with Crippen LogP contribution in [0.25, 0.3) is 0 Å². The largest absolute Gasteiger partial charge is 1.00 e. The van der Waals surface area contributed by atoms with Crippen LogP contribution in [0.3, 0.4) is 0 Å². The lowest BCUT2D eigenvalue weighted by Gasteiger charge is -2.32. The van der Waals surface area contributed by atoms with E-state index in [0.717, 1.165) is 17.6 Å². The SMILES string of the molecule is CN1CCN(C(=O)c2cccc(NS(=O)(=O)c3ccc(Br)cc3)c2)CC1.[Cl-]. The molecular formula is C18H20BrClN3O3S-. The van der Waals surface area contributed by atoms with Crippen LogP contribution in [0.4, 0.5) is 5.69 Å². The molecule has 0 saturated carbocycles. The Morgan fingerprint density at radius 3 is 2.30 bits per heavy atom. The molecule has 1 aliphatic heterocycles. The van der Waals surface area contributed by atoms with Crippen LogP contribution >= 0.6 is 15.9 Å². The van der Waals surface area contributed by atoms with Crippen molar-refractivity contribution in [1.29, 1.82) is 0 Å². The standard InChI is InChI=1S/C18H20BrN3O3S.ClH/c1-21-9-11-22(12-10-21)18(23)14-3-2-4-16(13-14)20-26(24,25)17-7-5-15(19)6-8-17;/h2-8,13,20H,9-12H2,1H3;1H/p-1. The zero-order chi connectivity index (χ0) is 18.7. The summed E-state index contributed by atoms with van der Waals surface area (Å²) in [5.74, 6) is -0.0808. The average Bonchev–Trinajstić information content (AvgIpc) is 2.62. The number of hydrogen-bond acceptors (Lipinski definition) is 4. The number of anilines is 1. The number of benzene rings is 2. The van der Waals surface area contributed by atoms with Crippen LogP contribution in [0.15, 0.2) is 57.9 Å². The van der Waals surface area contributed by atoms with Gasteiger partial charge in [-0.15, -0.1) is 0 Å². The average molecular weight is 474 g/mol. The van der Waals surface area contributed by atoms with Gasteiger partial charge < -0.3 is 22.2 Å². The van der Waals surface area contributed by atoms with E-state index in [1.165, 1.54) is 12.1 Å². The third-order valence-electron chi connectivity index (χ3n) is 4.28. The minimum absolute atomic E-state index is 0. The molecule has 3 rings (SSSR count). The Kier molecular flexibility index (Phi) is 7.27. The second-order valence-corrected chi connectivity index (χ2v) is 8.83. The molecule has 9 heteroatoms. The summed E-state index contributed by atoms with van der Waals surface area (Å²) in [5, 5.41) is 0. The van der Waals surface area contributed by atoms with E-state index in [2.05, 4.69) is 25.6 Å². The van der Waals surface area contributed by atoms with Gasteiger partial charge in [-0.3, -0.25) is 9.52 Å². The van der Waals surface area contributed by atoms with E-state index < -0.39 is 10.0 Å². The Morgan fingerprint density at radius 2 is 1.67 bits per heavy atom. The normalized spacial score (nSPS) is 15.1. The highest BCUT2D eigenvalue weighted by Gasteiger charge is 2.21. The fourth-order valence-electron chi connectivity index (χ4n) is 2.74. The monoisotopic (exact) mass is 472 g/mol. The molecule has 0 bridgehead atoms. The fourth-order valence-corrected chi connectivity index (χ4v) is 4.05. The van der Waals surface area contributed by atoms with Gasteiger partial charge in [-0.25, -0.2) is 8.42 Å². The van der Waals surface area contributed by atoms with Gasteiger partial charge >= 0.3 is 0 Å². The quantitative estimate of drug-likeness (QED) is 0.659.